The highest BCUT2D eigenvalue weighted by molar-refractivity contribution is 5.81. The van der Waals surface area contributed by atoms with Gasteiger partial charge in [0, 0.05) is 6.42 Å². The molecule has 0 radical (unpaired) electrons. The Morgan fingerprint density at radius 1 is 1.41 bits per heavy atom. The zero-order valence-electron chi connectivity index (χ0n) is 9.17. The number of aliphatic carboxylic acids is 1. The molecular weight excluding hydrogens is 226 g/mol. The SMILES string of the molecule is CC(Cc1ccc(O)c(O)c1)(NC=O)C(=O)O. The number of aromatic hydroxyl groups is 2. The Labute approximate surface area is 97.5 Å². The van der Waals surface area contributed by atoms with E-state index < -0.39 is 11.5 Å². The van der Waals surface area contributed by atoms with Gasteiger partial charge in [-0.3, -0.25) is 4.79 Å². The van der Waals surface area contributed by atoms with E-state index in [1.54, 1.807) is 0 Å². The molecule has 1 amide bonds. The average molecular weight is 239 g/mol. The number of benzene rings is 1. The summed E-state index contributed by atoms with van der Waals surface area (Å²) in [6.45, 7) is 1.35. The number of nitrogens with one attached hydrogen (secondary N) is 1. The molecule has 0 saturated heterocycles. The van der Waals surface area contributed by atoms with Gasteiger partial charge in [0.15, 0.2) is 11.5 Å². The van der Waals surface area contributed by atoms with Gasteiger partial charge in [-0.1, -0.05) is 6.07 Å². The van der Waals surface area contributed by atoms with E-state index in [-0.39, 0.29) is 17.9 Å². The molecule has 1 aromatic rings. The van der Waals surface area contributed by atoms with Gasteiger partial charge in [0.1, 0.15) is 5.54 Å². The van der Waals surface area contributed by atoms with Crippen LogP contribution in [0.1, 0.15) is 12.5 Å². The average Bonchev–Trinajstić information content (AvgIpc) is 2.23. The number of carbonyl (C=O) groups excluding carboxylic acids is 1. The van der Waals surface area contributed by atoms with E-state index in [1.807, 2.05) is 0 Å². The lowest BCUT2D eigenvalue weighted by molar-refractivity contribution is -0.145. The van der Waals surface area contributed by atoms with Crippen molar-refractivity contribution in [2.24, 2.45) is 0 Å². The van der Waals surface area contributed by atoms with Crippen molar-refractivity contribution in [3.63, 3.8) is 0 Å². The molecule has 0 aliphatic rings. The van der Waals surface area contributed by atoms with Crippen LogP contribution in [0, 0.1) is 0 Å². The topological polar surface area (TPSA) is 107 Å². The largest absolute Gasteiger partial charge is 0.504 e. The predicted molar refractivity (Wildman–Crippen MR) is 58.7 cm³/mol. The number of amides is 1. The molecule has 1 rings (SSSR count). The Balaban J connectivity index is 2.97. The summed E-state index contributed by atoms with van der Waals surface area (Å²) >= 11 is 0. The summed E-state index contributed by atoms with van der Waals surface area (Å²) in [5.41, 5.74) is -0.968. The molecule has 0 aliphatic carbocycles. The third kappa shape index (κ3) is 2.87. The monoisotopic (exact) mass is 239 g/mol. The molecule has 0 heterocycles. The Morgan fingerprint density at radius 3 is 2.53 bits per heavy atom. The van der Waals surface area contributed by atoms with Gasteiger partial charge >= 0.3 is 5.97 Å². The Morgan fingerprint density at radius 2 is 2.06 bits per heavy atom. The number of carboxylic acid groups (broad SMARTS) is 1. The van der Waals surface area contributed by atoms with E-state index in [2.05, 4.69) is 5.32 Å². The molecule has 1 unspecified atom stereocenters. The van der Waals surface area contributed by atoms with Crippen LogP contribution in [0.25, 0.3) is 0 Å². The maximum atomic E-state index is 11.0. The molecule has 6 heteroatoms. The van der Waals surface area contributed by atoms with Crippen LogP contribution in [0.4, 0.5) is 0 Å². The smallest absolute Gasteiger partial charge is 0.329 e. The van der Waals surface area contributed by atoms with Crippen LogP contribution in [-0.4, -0.2) is 33.2 Å². The number of hydrogen-bond donors (Lipinski definition) is 4. The lowest BCUT2D eigenvalue weighted by atomic mass is 9.93. The first-order chi connectivity index (χ1) is 7.89. The second-order valence-electron chi connectivity index (χ2n) is 3.90. The normalized spacial score (nSPS) is 13.7. The van der Waals surface area contributed by atoms with Crippen LogP contribution >= 0.6 is 0 Å². The lowest BCUT2D eigenvalue weighted by Crippen LogP contribution is -2.50. The van der Waals surface area contributed by atoms with E-state index in [4.69, 9.17) is 10.2 Å². The highest BCUT2D eigenvalue weighted by atomic mass is 16.4. The number of hydrogen-bond acceptors (Lipinski definition) is 4. The molecule has 0 bridgehead atoms. The zero-order chi connectivity index (χ0) is 13.1. The summed E-state index contributed by atoms with van der Waals surface area (Å²) in [5, 5.41) is 29.6. The Bertz CT molecular complexity index is 445. The second kappa shape index (κ2) is 4.73. The van der Waals surface area contributed by atoms with E-state index in [0.29, 0.717) is 12.0 Å². The van der Waals surface area contributed by atoms with Crippen LogP contribution in [-0.2, 0) is 16.0 Å². The van der Waals surface area contributed by atoms with Crippen molar-refractivity contribution in [1.82, 2.24) is 5.32 Å². The summed E-state index contributed by atoms with van der Waals surface area (Å²) in [7, 11) is 0. The zero-order valence-corrected chi connectivity index (χ0v) is 9.17. The van der Waals surface area contributed by atoms with Crippen molar-refractivity contribution in [1.29, 1.82) is 0 Å². The van der Waals surface area contributed by atoms with Crippen LogP contribution < -0.4 is 5.32 Å². The summed E-state index contributed by atoms with van der Waals surface area (Å²) in [6, 6.07) is 3.99. The first kappa shape index (κ1) is 12.8. The fourth-order valence-corrected chi connectivity index (χ4v) is 1.41. The van der Waals surface area contributed by atoms with Gasteiger partial charge in [-0.15, -0.1) is 0 Å². The molecule has 0 aromatic heterocycles. The third-order valence-corrected chi connectivity index (χ3v) is 2.45. The molecule has 0 spiro atoms. The van der Waals surface area contributed by atoms with Gasteiger partial charge < -0.3 is 20.6 Å². The van der Waals surface area contributed by atoms with Gasteiger partial charge in [0.05, 0.1) is 0 Å². The number of carboxylic acids is 1. The third-order valence-electron chi connectivity index (χ3n) is 2.45. The fourth-order valence-electron chi connectivity index (χ4n) is 1.41. The number of carbonyl (C=O) groups is 2. The molecule has 0 fully saturated rings. The standard InChI is InChI=1S/C11H13NO5/c1-11(10(16)17,12-6-13)5-7-2-3-8(14)9(15)4-7/h2-4,6,14-15H,5H2,1H3,(H,12,13)(H,16,17). The predicted octanol–water partition coefficient (Wildman–Crippen LogP) is 0.230. The van der Waals surface area contributed by atoms with Gasteiger partial charge in [-0.2, -0.15) is 0 Å². The number of phenols is 2. The second-order valence-corrected chi connectivity index (χ2v) is 3.90. The van der Waals surface area contributed by atoms with E-state index in [9.17, 15) is 14.7 Å². The minimum atomic E-state index is -1.45. The Hall–Kier alpha value is -2.24. The minimum absolute atomic E-state index is 0.00505. The fraction of sp³-hybridized carbons (Fsp3) is 0.273. The van der Waals surface area contributed by atoms with Gasteiger partial charge in [0.2, 0.25) is 6.41 Å². The molecule has 4 N–H and O–H groups in total. The molecule has 92 valence electrons. The van der Waals surface area contributed by atoms with Crippen molar-refractivity contribution in [3.05, 3.63) is 23.8 Å². The molecule has 0 aliphatic heterocycles. The van der Waals surface area contributed by atoms with Crippen molar-refractivity contribution in [2.45, 2.75) is 18.9 Å². The first-order valence-electron chi connectivity index (χ1n) is 4.84. The van der Waals surface area contributed by atoms with Gasteiger partial charge in [-0.05, 0) is 24.6 Å². The Kier molecular flexibility index (Phi) is 3.57. The van der Waals surface area contributed by atoms with Crippen LogP contribution in [0.3, 0.4) is 0 Å². The van der Waals surface area contributed by atoms with Crippen molar-refractivity contribution in [2.75, 3.05) is 0 Å². The van der Waals surface area contributed by atoms with Crippen LogP contribution in [0.5, 0.6) is 11.5 Å². The first-order valence-corrected chi connectivity index (χ1v) is 4.84. The molecular formula is C11H13NO5. The van der Waals surface area contributed by atoms with E-state index >= 15 is 0 Å². The summed E-state index contributed by atoms with van der Waals surface area (Å²) < 4.78 is 0. The van der Waals surface area contributed by atoms with Gasteiger partial charge in [-0.25, -0.2) is 4.79 Å². The quantitative estimate of drug-likeness (QED) is 0.434. The van der Waals surface area contributed by atoms with E-state index in [1.165, 1.54) is 25.1 Å². The van der Waals surface area contributed by atoms with Crippen molar-refractivity contribution < 1.29 is 24.9 Å². The van der Waals surface area contributed by atoms with Crippen molar-refractivity contribution in [3.8, 4) is 11.5 Å². The number of rotatable bonds is 5. The number of phenolic OH excluding ortho intramolecular Hbond substituents is 2. The molecule has 17 heavy (non-hydrogen) atoms. The molecule has 0 saturated carbocycles. The van der Waals surface area contributed by atoms with E-state index in [0.717, 1.165) is 0 Å². The molecule has 1 aromatic carbocycles. The van der Waals surface area contributed by atoms with Crippen LogP contribution in [0.2, 0.25) is 0 Å². The lowest BCUT2D eigenvalue weighted by Gasteiger charge is -2.24. The highest BCUT2D eigenvalue weighted by Crippen LogP contribution is 2.26. The summed E-state index contributed by atoms with van der Waals surface area (Å²) in [6.07, 6.45) is 0.309. The molecule has 1 atom stereocenters. The van der Waals surface area contributed by atoms with Gasteiger partial charge in [0.25, 0.3) is 0 Å². The highest BCUT2D eigenvalue weighted by Gasteiger charge is 2.32. The van der Waals surface area contributed by atoms with Crippen molar-refractivity contribution >= 4 is 12.4 Å². The maximum absolute atomic E-state index is 11.0. The maximum Gasteiger partial charge on any atom is 0.329 e. The van der Waals surface area contributed by atoms with Crippen LogP contribution in [0.15, 0.2) is 18.2 Å². The minimum Gasteiger partial charge on any atom is -0.504 e. The summed E-state index contributed by atoms with van der Waals surface area (Å²) in [4.78, 5) is 21.4. The molecule has 6 nitrogen and oxygen atoms in total. The summed E-state index contributed by atoms with van der Waals surface area (Å²) in [5.74, 6) is -1.80.